The number of amides is 2. The monoisotopic (exact) mass is 448 g/mol. The summed E-state index contributed by atoms with van der Waals surface area (Å²) in [6.45, 7) is 2.15. The second kappa shape index (κ2) is 7.53. The van der Waals surface area contributed by atoms with Crippen molar-refractivity contribution in [2.24, 2.45) is 11.1 Å². The summed E-state index contributed by atoms with van der Waals surface area (Å²) in [5.41, 5.74) is 7.74. The van der Waals surface area contributed by atoms with E-state index >= 15 is 0 Å². The van der Waals surface area contributed by atoms with Gasteiger partial charge in [-0.2, -0.15) is 0 Å². The zero-order chi connectivity index (χ0) is 22.5. The van der Waals surface area contributed by atoms with E-state index in [4.69, 9.17) is 21.8 Å². The number of aromatic nitrogens is 2. The van der Waals surface area contributed by atoms with Gasteiger partial charge in [0.05, 0.1) is 16.7 Å². The molecule has 3 N–H and O–H groups in total. The average Bonchev–Trinajstić information content (AvgIpc) is 3.43. The summed E-state index contributed by atoms with van der Waals surface area (Å²) in [5.74, 6) is 0.277. The van der Waals surface area contributed by atoms with Crippen LogP contribution in [-0.4, -0.2) is 21.4 Å². The molecule has 5 rings (SSSR count). The number of nitrogens with zero attached hydrogens (tertiary/aromatic N) is 2. The zero-order valence-corrected chi connectivity index (χ0v) is 18.1. The number of nitrogens with one attached hydrogen (secondary N) is 1. The van der Waals surface area contributed by atoms with Gasteiger partial charge in [0, 0.05) is 17.6 Å². The van der Waals surface area contributed by atoms with Crippen LogP contribution in [0.4, 0.5) is 0 Å². The smallest absolute Gasteiger partial charge is 0.245 e. The molecule has 1 aliphatic rings. The van der Waals surface area contributed by atoms with Gasteiger partial charge in [-0.05, 0) is 43.5 Å². The quantitative estimate of drug-likeness (QED) is 0.433. The van der Waals surface area contributed by atoms with E-state index in [9.17, 15) is 9.59 Å². The molecule has 0 spiro atoms. The Morgan fingerprint density at radius 2 is 1.91 bits per heavy atom. The van der Waals surface area contributed by atoms with Crippen molar-refractivity contribution in [3.63, 3.8) is 0 Å². The molecule has 8 heteroatoms. The number of hydrogen-bond acceptors (Lipinski definition) is 4. The van der Waals surface area contributed by atoms with E-state index in [-0.39, 0.29) is 5.91 Å². The summed E-state index contributed by atoms with van der Waals surface area (Å²) in [6.07, 6.45) is 2.69. The third-order valence-corrected chi connectivity index (χ3v) is 6.32. The highest BCUT2D eigenvalue weighted by molar-refractivity contribution is 6.38. The van der Waals surface area contributed by atoms with Crippen LogP contribution >= 0.6 is 11.6 Å². The van der Waals surface area contributed by atoms with Crippen molar-refractivity contribution in [3.8, 4) is 17.3 Å². The van der Waals surface area contributed by atoms with Crippen molar-refractivity contribution in [1.29, 1.82) is 0 Å². The Labute approximate surface area is 189 Å². The molecule has 7 nitrogen and oxygen atoms in total. The summed E-state index contributed by atoms with van der Waals surface area (Å²) in [5, 5.41) is 4.29. The molecule has 2 aromatic heterocycles. The van der Waals surface area contributed by atoms with Crippen LogP contribution < -0.4 is 11.1 Å². The number of benzene rings is 2. The van der Waals surface area contributed by atoms with Crippen LogP contribution in [0.25, 0.3) is 28.2 Å². The first-order chi connectivity index (χ1) is 15.4. The third kappa shape index (κ3) is 3.26. The lowest BCUT2D eigenvalue weighted by molar-refractivity contribution is -0.135. The SMILES string of the molecule is Cc1cnc(-c2c(Cl)c3ccccc3n2-c2ccc(CNC(=O)C3(C(N)=O)CC3)cc2)o1. The molecular formula is C24H21ClN4O3. The Hall–Kier alpha value is -3.58. The number of rotatable bonds is 6. The van der Waals surface area contributed by atoms with Crippen molar-refractivity contribution in [3.05, 3.63) is 71.1 Å². The predicted molar refractivity (Wildman–Crippen MR) is 121 cm³/mol. The predicted octanol–water partition coefficient (Wildman–Crippen LogP) is 4.13. The highest BCUT2D eigenvalue weighted by atomic mass is 35.5. The minimum Gasteiger partial charge on any atom is -0.440 e. The van der Waals surface area contributed by atoms with Crippen molar-refractivity contribution in [2.45, 2.75) is 26.3 Å². The fourth-order valence-corrected chi connectivity index (χ4v) is 4.27. The summed E-state index contributed by atoms with van der Waals surface area (Å²) in [7, 11) is 0. The molecule has 0 atom stereocenters. The summed E-state index contributed by atoms with van der Waals surface area (Å²) >= 11 is 6.74. The minimum absolute atomic E-state index is 0.307. The van der Waals surface area contributed by atoms with Gasteiger partial charge in [0.25, 0.3) is 0 Å². The van der Waals surface area contributed by atoms with Gasteiger partial charge < -0.3 is 20.0 Å². The lowest BCUT2D eigenvalue weighted by Gasteiger charge is -2.13. The molecule has 2 amide bonds. The van der Waals surface area contributed by atoms with E-state index in [1.807, 2.05) is 60.0 Å². The molecule has 0 aliphatic heterocycles. The van der Waals surface area contributed by atoms with Crippen LogP contribution in [0.5, 0.6) is 0 Å². The first-order valence-corrected chi connectivity index (χ1v) is 10.7. The number of hydrogen-bond donors (Lipinski definition) is 2. The van der Waals surface area contributed by atoms with Crippen molar-refractivity contribution < 1.29 is 14.0 Å². The zero-order valence-electron chi connectivity index (χ0n) is 17.4. The number of primary amides is 1. The second-order valence-corrected chi connectivity index (χ2v) is 8.46. The van der Waals surface area contributed by atoms with E-state index in [0.717, 1.165) is 22.2 Å². The molecule has 0 bridgehead atoms. The maximum absolute atomic E-state index is 12.3. The Balaban J connectivity index is 1.47. The number of aryl methyl sites for hydroxylation is 1. The lowest BCUT2D eigenvalue weighted by atomic mass is 10.1. The highest BCUT2D eigenvalue weighted by Crippen LogP contribution is 2.45. The van der Waals surface area contributed by atoms with Crippen LogP contribution in [-0.2, 0) is 16.1 Å². The maximum Gasteiger partial charge on any atom is 0.245 e. The van der Waals surface area contributed by atoms with Gasteiger partial charge in [-0.1, -0.05) is 41.9 Å². The molecular weight excluding hydrogens is 428 g/mol. The standard InChI is InChI=1S/C24H21ClN4O3/c1-14-12-27-21(32-14)20-19(25)17-4-2-3-5-18(17)29(20)16-8-6-15(7-9-16)13-28-23(31)24(10-11-24)22(26)30/h2-9,12H,10-11,13H2,1H3,(H2,26,30)(H,28,31). The molecule has 0 radical (unpaired) electrons. The molecule has 0 saturated heterocycles. The van der Waals surface area contributed by atoms with E-state index in [1.54, 1.807) is 6.20 Å². The topological polar surface area (TPSA) is 103 Å². The van der Waals surface area contributed by atoms with E-state index in [2.05, 4.69) is 10.3 Å². The first kappa shape index (κ1) is 20.3. The van der Waals surface area contributed by atoms with Crippen molar-refractivity contribution >= 4 is 34.3 Å². The molecule has 0 unspecified atom stereocenters. The Morgan fingerprint density at radius 1 is 1.19 bits per heavy atom. The van der Waals surface area contributed by atoms with Gasteiger partial charge in [0.1, 0.15) is 16.9 Å². The molecule has 1 fully saturated rings. The van der Waals surface area contributed by atoms with Gasteiger partial charge in [0.15, 0.2) is 0 Å². The molecule has 2 aromatic carbocycles. The third-order valence-electron chi connectivity index (χ3n) is 5.94. The number of oxazole rings is 1. The van der Waals surface area contributed by atoms with Gasteiger partial charge in [-0.3, -0.25) is 9.59 Å². The Bertz CT molecular complexity index is 1350. The van der Waals surface area contributed by atoms with Crippen molar-refractivity contribution in [1.82, 2.24) is 14.9 Å². The van der Waals surface area contributed by atoms with Crippen LogP contribution in [0.1, 0.15) is 24.2 Å². The molecule has 1 saturated carbocycles. The maximum atomic E-state index is 12.3. The number of halogens is 1. The Morgan fingerprint density at radius 3 is 2.53 bits per heavy atom. The van der Waals surface area contributed by atoms with E-state index < -0.39 is 11.3 Å². The van der Waals surface area contributed by atoms with Crippen LogP contribution in [0, 0.1) is 12.3 Å². The number of fused-ring (bicyclic) bond motifs is 1. The Kier molecular flexibility index (Phi) is 4.78. The number of para-hydroxylation sites is 1. The van der Waals surface area contributed by atoms with Gasteiger partial charge >= 0.3 is 0 Å². The highest BCUT2D eigenvalue weighted by Gasteiger charge is 2.55. The summed E-state index contributed by atoms with van der Waals surface area (Å²) < 4.78 is 7.80. The fourth-order valence-electron chi connectivity index (χ4n) is 3.95. The first-order valence-electron chi connectivity index (χ1n) is 10.3. The lowest BCUT2D eigenvalue weighted by Crippen LogP contribution is -2.40. The van der Waals surface area contributed by atoms with E-state index in [0.29, 0.717) is 41.8 Å². The van der Waals surface area contributed by atoms with Crippen LogP contribution in [0.2, 0.25) is 5.02 Å². The molecule has 162 valence electrons. The van der Waals surface area contributed by atoms with Gasteiger partial charge in [-0.15, -0.1) is 0 Å². The minimum atomic E-state index is -1.02. The normalized spacial score (nSPS) is 14.4. The van der Waals surface area contributed by atoms with Gasteiger partial charge in [0.2, 0.25) is 17.7 Å². The largest absolute Gasteiger partial charge is 0.440 e. The summed E-state index contributed by atoms with van der Waals surface area (Å²) in [6, 6.07) is 15.6. The number of carbonyl (C=O) groups is 2. The van der Waals surface area contributed by atoms with Gasteiger partial charge in [-0.25, -0.2) is 4.98 Å². The fraction of sp³-hybridized carbons (Fsp3) is 0.208. The number of carbonyl (C=O) groups excluding carboxylic acids is 2. The average molecular weight is 449 g/mol. The second-order valence-electron chi connectivity index (χ2n) is 8.09. The molecule has 1 aliphatic carbocycles. The van der Waals surface area contributed by atoms with E-state index in [1.165, 1.54) is 0 Å². The molecule has 4 aromatic rings. The van der Waals surface area contributed by atoms with Crippen LogP contribution in [0.3, 0.4) is 0 Å². The van der Waals surface area contributed by atoms with Crippen LogP contribution in [0.15, 0.2) is 59.1 Å². The molecule has 2 heterocycles. The van der Waals surface area contributed by atoms with Crippen molar-refractivity contribution in [2.75, 3.05) is 0 Å². The molecule has 32 heavy (non-hydrogen) atoms. The number of nitrogens with two attached hydrogens (primary N) is 1. The summed E-state index contributed by atoms with van der Waals surface area (Å²) in [4.78, 5) is 28.2.